The smallest absolute Gasteiger partial charge is 0.193 e. The van der Waals surface area contributed by atoms with Crippen molar-refractivity contribution < 1.29 is 4.79 Å². The van der Waals surface area contributed by atoms with Crippen LogP contribution in [-0.2, 0) is 0 Å². The fraction of sp³-hybridized carbons (Fsp3) is 0.0714. The van der Waals surface area contributed by atoms with Crippen LogP contribution in [-0.4, -0.2) is 5.78 Å². The topological polar surface area (TPSA) is 43.1 Å². The molecule has 0 fully saturated rings. The molecule has 4 heteroatoms. The van der Waals surface area contributed by atoms with Crippen molar-refractivity contribution in [2.45, 2.75) is 6.92 Å². The Balaban J connectivity index is 2.48. The van der Waals surface area contributed by atoms with E-state index in [1.165, 1.54) is 0 Å². The summed E-state index contributed by atoms with van der Waals surface area (Å²) >= 11 is 9.34. The molecule has 0 amide bonds. The second kappa shape index (κ2) is 5.12. The van der Waals surface area contributed by atoms with Crippen LogP contribution in [0.2, 0.25) is 5.02 Å². The van der Waals surface area contributed by atoms with E-state index in [4.69, 9.17) is 17.3 Å². The average molecular weight is 325 g/mol. The van der Waals surface area contributed by atoms with E-state index in [0.717, 1.165) is 5.56 Å². The van der Waals surface area contributed by atoms with Gasteiger partial charge in [-0.2, -0.15) is 0 Å². The third-order valence-electron chi connectivity index (χ3n) is 2.77. The first-order valence-electron chi connectivity index (χ1n) is 5.35. The second-order valence-corrected chi connectivity index (χ2v) is 5.24. The Hall–Kier alpha value is -1.32. The van der Waals surface area contributed by atoms with Gasteiger partial charge in [-0.1, -0.05) is 23.7 Å². The maximum absolute atomic E-state index is 12.4. The third-order valence-corrected chi connectivity index (χ3v) is 3.87. The predicted octanol–water partition coefficient (Wildman–Crippen LogP) is 4.22. The van der Waals surface area contributed by atoms with Crippen LogP contribution in [0.25, 0.3) is 0 Å². The van der Waals surface area contributed by atoms with E-state index in [2.05, 4.69) is 15.9 Å². The zero-order chi connectivity index (χ0) is 13.3. The number of anilines is 1. The van der Waals surface area contributed by atoms with Gasteiger partial charge in [-0.05, 0) is 52.7 Å². The van der Waals surface area contributed by atoms with E-state index >= 15 is 0 Å². The lowest BCUT2D eigenvalue weighted by Gasteiger charge is -2.07. The fourth-order valence-electron chi connectivity index (χ4n) is 1.68. The molecule has 0 unspecified atom stereocenters. The van der Waals surface area contributed by atoms with Crippen molar-refractivity contribution in [2.24, 2.45) is 0 Å². The SMILES string of the molecule is Cc1c(Cl)cccc1C(=O)c1ccc(N)c(Br)c1. The summed E-state index contributed by atoms with van der Waals surface area (Å²) in [6.45, 7) is 1.84. The minimum absolute atomic E-state index is 0.0595. The molecule has 18 heavy (non-hydrogen) atoms. The van der Waals surface area contributed by atoms with Gasteiger partial charge >= 0.3 is 0 Å². The lowest BCUT2D eigenvalue weighted by molar-refractivity contribution is 0.103. The van der Waals surface area contributed by atoms with Gasteiger partial charge in [-0.25, -0.2) is 0 Å². The number of nitrogens with two attached hydrogens (primary N) is 1. The van der Waals surface area contributed by atoms with E-state index in [1.54, 1.807) is 36.4 Å². The standard InChI is InChI=1S/C14H11BrClNO/c1-8-10(3-2-4-12(8)16)14(18)9-5-6-13(17)11(15)7-9/h2-7H,17H2,1H3. The van der Waals surface area contributed by atoms with E-state index in [1.807, 2.05) is 6.92 Å². The van der Waals surface area contributed by atoms with Gasteiger partial charge in [0.15, 0.2) is 5.78 Å². The number of hydrogen-bond donors (Lipinski definition) is 1. The van der Waals surface area contributed by atoms with E-state index in [-0.39, 0.29) is 5.78 Å². The normalized spacial score (nSPS) is 10.4. The van der Waals surface area contributed by atoms with Gasteiger partial charge in [0.2, 0.25) is 0 Å². The maximum Gasteiger partial charge on any atom is 0.193 e. The zero-order valence-corrected chi connectivity index (χ0v) is 12.0. The molecule has 2 nitrogen and oxygen atoms in total. The highest BCUT2D eigenvalue weighted by Gasteiger charge is 2.14. The molecule has 2 rings (SSSR count). The molecule has 0 bridgehead atoms. The Morgan fingerprint density at radius 2 is 2.00 bits per heavy atom. The largest absolute Gasteiger partial charge is 0.398 e. The molecule has 0 aliphatic rings. The molecule has 0 saturated carbocycles. The zero-order valence-electron chi connectivity index (χ0n) is 9.71. The van der Waals surface area contributed by atoms with Gasteiger partial charge in [0, 0.05) is 26.3 Å². The molecule has 2 aromatic rings. The van der Waals surface area contributed by atoms with Crippen LogP contribution >= 0.6 is 27.5 Å². The van der Waals surface area contributed by atoms with Gasteiger partial charge in [-0.3, -0.25) is 4.79 Å². The maximum atomic E-state index is 12.4. The van der Waals surface area contributed by atoms with Crippen molar-refractivity contribution in [3.05, 3.63) is 62.6 Å². The summed E-state index contributed by atoms with van der Waals surface area (Å²) in [4.78, 5) is 12.4. The van der Waals surface area contributed by atoms with Crippen LogP contribution in [0.15, 0.2) is 40.9 Å². The first kappa shape index (κ1) is 13.1. The van der Waals surface area contributed by atoms with E-state index in [0.29, 0.717) is 26.3 Å². The average Bonchev–Trinajstić information content (AvgIpc) is 2.35. The molecule has 0 radical (unpaired) electrons. The van der Waals surface area contributed by atoms with Crippen molar-refractivity contribution in [3.63, 3.8) is 0 Å². The highest BCUT2D eigenvalue weighted by atomic mass is 79.9. The number of carbonyl (C=O) groups excluding carboxylic acids is 1. The van der Waals surface area contributed by atoms with Crippen LogP contribution < -0.4 is 5.73 Å². The number of rotatable bonds is 2. The van der Waals surface area contributed by atoms with Gasteiger partial charge in [0.05, 0.1) is 0 Å². The first-order chi connectivity index (χ1) is 8.50. The molecule has 0 aliphatic heterocycles. The minimum atomic E-state index is -0.0595. The molecule has 0 aliphatic carbocycles. The van der Waals surface area contributed by atoms with Crippen LogP contribution in [0, 0.1) is 6.92 Å². The fourth-order valence-corrected chi connectivity index (χ4v) is 2.23. The molecule has 2 aromatic carbocycles. The van der Waals surface area contributed by atoms with Crippen molar-refractivity contribution in [1.29, 1.82) is 0 Å². The van der Waals surface area contributed by atoms with E-state index in [9.17, 15) is 4.79 Å². The highest BCUT2D eigenvalue weighted by Crippen LogP contribution is 2.25. The Morgan fingerprint density at radius 1 is 1.28 bits per heavy atom. The number of ketones is 1. The lowest BCUT2D eigenvalue weighted by atomic mass is 9.99. The van der Waals surface area contributed by atoms with E-state index < -0.39 is 0 Å². The molecule has 0 aromatic heterocycles. The Labute approximate surface area is 119 Å². The number of hydrogen-bond acceptors (Lipinski definition) is 2. The number of benzene rings is 2. The summed E-state index contributed by atoms with van der Waals surface area (Å²) in [6, 6.07) is 10.5. The summed E-state index contributed by atoms with van der Waals surface area (Å²) in [5, 5.41) is 0.593. The van der Waals surface area contributed by atoms with Crippen molar-refractivity contribution in [2.75, 3.05) is 5.73 Å². The summed E-state index contributed by atoms with van der Waals surface area (Å²) < 4.78 is 0.716. The van der Waals surface area contributed by atoms with Gasteiger partial charge in [0.1, 0.15) is 0 Å². The van der Waals surface area contributed by atoms with Crippen LogP contribution in [0.3, 0.4) is 0 Å². The molecular weight excluding hydrogens is 314 g/mol. The Bertz CT molecular complexity index is 625. The summed E-state index contributed by atoms with van der Waals surface area (Å²) in [6.07, 6.45) is 0. The lowest BCUT2D eigenvalue weighted by Crippen LogP contribution is -2.04. The van der Waals surface area contributed by atoms with Gasteiger partial charge in [-0.15, -0.1) is 0 Å². The van der Waals surface area contributed by atoms with Crippen molar-refractivity contribution >= 4 is 39.0 Å². The van der Waals surface area contributed by atoms with Crippen LogP contribution in [0.4, 0.5) is 5.69 Å². The molecule has 0 spiro atoms. The first-order valence-corrected chi connectivity index (χ1v) is 6.52. The summed E-state index contributed by atoms with van der Waals surface area (Å²) in [5.41, 5.74) is 8.29. The van der Waals surface area contributed by atoms with Crippen molar-refractivity contribution in [3.8, 4) is 0 Å². The van der Waals surface area contributed by atoms with Crippen LogP contribution in [0.1, 0.15) is 21.5 Å². The van der Waals surface area contributed by atoms with Crippen LogP contribution in [0.5, 0.6) is 0 Å². The number of halogens is 2. The number of carbonyl (C=O) groups is 1. The van der Waals surface area contributed by atoms with Gasteiger partial charge in [0.25, 0.3) is 0 Å². The second-order valence-electron chi connectivity index (χ2n) is 3.98. The molecule has 92 valence electrons. The Morgan fingerprint density at radius 3 is 2.67 bits per heavy atom. The molecular formula is C14H11BrClNO. The summed E-state index contributed by atoms with van der Waals surface area (Å²) in [7, 11) is 0. The molecule has 2 N–H and O–H groups in total. The monoisotopic (exact) mass is 323 g/mol. The number of nitrogen functional groups attached to an aromatic ring is 1. The minimum Gasteiger partial charge on any atom is -0.398 e. The quantitative estimate of drug-likeness (QED) is 0.664. The molecule has 0 saturated heterocycles. The summed E-state index contributed by atoms with van der Waals surface area (Å²) in [5.74, 6) is -0.0595. The van der Waals surface area contributed by atoms with Crippen molar-refractivity contribution in [1.82, 2.24) is 0 Å². The third kappa shape index (κ3) is 2.42. The highest BCUT2D eigenvalue weighted by molar-refractivity contribution is 9.10. The van der Waals surface area contributed by atoms with Gasteiger partial charge < -0.3 is 5.73 Å². The Kier molecular flexibility index (Phi) is 3.73. The molecule has 0 atom stereocenters. The molecule has 0 heterocycles. The predicted molar refractivity (Wildman–Crippen MR) is 78.2 cm³/mol.